The molecule has 0 saturated carbocycles. The summed E-state index contributed by atoms with van der Waals surface area (Å²) in [5.41, 5.74) is 1.75. The predicted octanol–water partition coefficient (Wildman–Crippen LogP) is 2.05. The number of ether oxygens (including phenoxy) is 1. The van der Waals surface area contributed by atoms with Gasteiger partial charge in [0.05, 0.1) is 17.7 Å². The first-order valence-electron chi connectivity index (χ1n) is 9.68. The van der Waals surface area contributed by atoms with E-state index < -0.39 is 0 Å². The third kappa shape index (κ3) is 4.42. The van der Waals surface area contributed by atoms with Gasteiger partial charge >= 0.3 is 0 Å². The molecule has 2 fully saturated rings. The molecular weight excluding hydrogens is 342 g/mol. The van der Waals surface area contributed by atoms with Crippen molar-refractivity contribution >= 4 is 11.7 Å². The summed E-state index contributed by atoms with van der Waals surface area (Å²) in [7, 11) is 0. The normalized spacial score (nSPS) is 22.6. The molecule has 7 nitrogen and oxygen atoms in total. The largest absolute Gasteiger partial charge is 0.376 e. The van der Waals surface area contributed by atoms with Gasteiger partial charge in [-0.25, -0.2) is 0 Å². The number of carbonyl (C=O) groups is 1. The first-order chi connectivity index (χ1) is 13.3. The van der Waals surface area contributed by atoms with Crippen molar-refractivity contribution in [3.8, 4) is 11.3 Å². The van der Waals surface area contributed by atoms with Crippen LogP contribution in [0.15, 0.2) is 36.7 Å². The van der Waals surface area contributed by atoms with E-state index in [0.29, 0.717) is 13.1 Å². The molecule has 2 aliphatic rings. The molecule has 1 amide bonds. The van der Waals surface area contributed by atoms with Gasteiger partial charge in [0, 0.05) is 44.2 Å². The van der Waals surface area contributed by atoms with E-state index in [4.69, 9.17) is 4.74 Å². The fourth-order valence-corrected chi connectivity index (χ4v) is 3.73. The Bertz CT molecular complexity index is 747. The van der Waals surface area contributed by atoms with Crippen LogP contribution in [-0.4, -0.2) is 53.4 Å². The van der Waals surface area contributed by atoms with Gasteiger partial charge in [0.15, 0.2) is 5.82 Å². The molecule has 1 N–H and O–H groups in total. The highest BCUT2D eigenvalue weighted by atomic mass is 16.5. The molecule has 4 heterocycles. The summed E-state index contributed by atoms with van der Waals surface area (Å²) in [6, 6.07) is 7.78. The second kappa shape index (κ2) is 8.43. The number of carbonyl (C=O) groups excluding carboxylic acids is 1. The number of anilines is 1. The Morgan fingerprint density at radius 2 is 2.19 bits per heavy atom. The molecular formula is C20H25N5O2. The summed E-state index contributed by atoms with van der Waals surface area (Å²) in [4.78, 5) is 18.8. The highest BCUT2D eigenvalue weighted by molar-refractivity contribution is 5.79. The van der Waals surface area contributed by atoms with E-state index in [1.807, 2.05) is 24.3 Å². The van der Waals surface area contributed by atoms with Gasteiger partial charge in [-0.05, 0) is 49.9 Å². The molecule has 2 aromatic rings. The third-order valence-electron chi connectivity index (χ3n) is 5.25. The smallest absolute Gasteiger partial charge is 0.224 e. The van der Waals surface area contributed by atoms with E-state index in [9.17, 15) is 4.79 Å². The highest BCUT2D eigenvalue weighted by Gasteiger charge is 2.27. The maximum atomic E-state index is 12.5. The van der Waals surface area contributed by atoms with Gasteiger partial charge in [-0.15, -0.1) is 10.2 Å². The van der Waals surface area contributed by atoms with E-state index in [2.05, 4.69) is 25.4 Å². The fraction of sp³-hybridized carbons (Fsp3) is 0.500. The number of aromatic nitrogens is 3. The molecule has 2 atom stereocenters. The third-order valence-corrected chi connectivity index (χ3v) is 5.25. The van der Waals surface area contributed by atoms with Crippen molar-refractivity contribution in [2.75, 3.05) is 31.1 Å². The van der Waals surface area contributed by atoms with Gasteiger partial charge in [0.25, 0.3) is 0 Å². The Hall–Kier alpha value is -2.54. The van der Waals surface area contributed by atoms with Crippen molar-refractivity contribution in [3.63, 3.8) is 0 Å². The maximum Gasteiger partial charge on any atom is 0.224 e. The molecule has 0 spiro atoms. The van der Waals surface area contributed by atoms with Crippen molar-refractivity contribution in [2.45, 2.75) is 31.8 Å². The lowest BCUT2D eigenvalue weighted by atomic mass is 9.97. The minimum atomic E-state index is -0.0139. The second-order valence-electron chi connectivity index (χ2n) is 7.18. The van der Waals surface area contributed by atoms with E-state index >= 15 is 0 Å². The standard InChI is InChI=1S/C20H25N5O2/c26-20(22-13-17-6-3-11-27-17)16-5-2-10-25(14-16)19-8-7-18(23-24-19)15-4-1-9-21-12-15/h1,4,7-9,12,16-17H,2-3,5-6,10-11,13-14H2,(H,22,26). The van der Waals surface area contributed by atoms with Crippen molar-refractivity contribution in [1.82, 2.24) is 20.5 Å². The lowest BCUT2D eigenvalue weighted by Gasteiger charge is -2.32. The summed E-state index contributed by atoms with van der Waals surface area (Å²) < 4.78 is 5.58. The summed E-state index contributed by atoms with van der Waals surface area (Å²) in [5.74, 6) is 0.925. The number of pyridine rings is 1. The van der Waals surface area contributed by atoms with Crippen molar-refractivity contribution in [2.24, 2.45) is 5.92 Å². The summed E-state index contributed by atoms with van der Waals surface area (Å²) in [6.07, 6.45) is 7.71. The van der Waals surface area contributed by atoms with E-state index in [0.717, 1.165) is 55.9 Å². The summed E-state index contributed by atoms with van der Waals surface area (Å²) >= 11 is 0. The number of hydrogen-bond donors (Lipinski definition) is 1. The average Bonchev–Trinajstić information content (AvgIpc) is 3.27. The van der Waals surface area contributed by atoms with Crippen LogP contribution in [0, 0.1) is 5.92 Å². The van der Waals surface area contributed by atoms with Crippen LogP contribution >= 0.6 is 0 Å². The Balaban J connectivity index is 1.35. The van der Waals surface area contributed by atoms with Crippen LogP contribution in [0.1, 0.15) is 25.7 Å². The van der Waals surface area contributed by atoms with Crippen LogP contribution in [0.2, 0.25) is 0 Å². The van der Waals surface area contributed by atoms with Gasteiger partial charge in [-0.3, -0.25) is 9.78 Å². The minimum Gasteiger partial charge on any atom is -0.376 e. The highest BCUT2D eigenvalue weighted by Crippen LogP contribution is 2.23. The second-order valence-corrected chi connectivity index (χ2v) is 7.18. The Labute approximate surface area is 159 Å². The Morgan fingerprint density at radius 1 is 1.22 bits per heavy atom. The Morgan fingerprint density at radius 3 is 2.93 bits per heavy atom. The van der Waals surface area contributed by atoms with Crippen molar-refractivity contribution in [1.29, 1.82) is 0 Å². The number of rotatable bonds is 5. The number of hydrogen-bond acceptors (Lipinski definition) is 6. The molecule has 0 bridgehead atoms. The monoisotopic (exact) mass is 367 g/mol. The van der Waals surface area contributed by atoms with Crippen LogP contribution in [0.4, 0.5) is 5.82 Å². The van der Waals surface area contributed by atoms with Crippen LogP contribution in [0.5, 0.6) is 0 Å². The Kier molecular flexibility index (Phi) is 5.58. The molecule has 2 aromatic heterocycles. The van der Waals surface area contributed by atoms with Crippen LogP contribution in [-0.2, 0) is 9.53 Å². The van der Waals surface area contributed by atoms with Crippen LogP contribution in [0.25, 0.3) is 11.3 Å². The number of piperidine rings is 1. The molecule has 142 valence electrons. The quantitative estimate of drug-likeness (QED) is 0.871. The van der Waals surface area contributed by atoms with Gasteiger partial charge < -0.3 is 15.0 Å². The molecule has 4 rings (SSSR count). The van der Waals surface area contributed by atoms with E-state index in [1.54, 1.807) is 12.4 Å². The van der Waals surface area contributed by atoms with Crippen molar-refractivity contribution in [3.05, 3.63) is 36.7 Å². The fourth-order valence-electron chi connectivity index (χ4n) is 3.73. The zero-order valence-electron chi connectivity index (χ0n) is 15.4. The predicted molar refractivity (Wildman–Crippen MR) is 102 cm³/mol. The zero-order valence-corrected chi connectivity index (χ0v) is 15.4. The lowest BCUT2D eigenvalue weighted by Crippen LogP contribution is -2.45. The average molecular weight is 367 g/mol. The van der Waals surface area contributed by atoms with Crippen molar-refractivity contribution < 1.29 is 9.53 Å². The summed E-state index contributed by atoms with van der Waals surface area (Å²) in [5, 5.41) is 11.8. The molecule has 27 heavy (non-hydrogen) atoms. The zero-order chi connectivity index (χ0) is 18.5. The lowest BCUT2D eigenvalue weighted by molar-refractivity contribution is -0.125. The topological polar surface area (TPSA) is 80.2 Å². The molecule has 0 aliphatic carbocycles. The van der Waals surface area contributed by atoms with Crippen LogP contribution in [0.3, 0.4) is 0 Å². The molecule has 0 aromatic carbocycles. The minimum absolute atomic E-state index is 0.0139. The molecule has 2 unspecified atom stereocenters. The first kappa shape index (κ1) is 17.9. The SMILES string of the molecule is O=C(NCC1CCCO1)C1CCCN(c2ccc(-c3cccnc3)nn2)C1. The van der Waals surface area contributed by atoms with Gasteiger partial charge in [0.2, 0.25) is 5.91 Å². The number of amides is 1. The molecule has 0 radical (unpaired) electrons. The van der Waals surface area contributed by atoms with Gasteiger partial charge in [-0.1, -0.05) is 0 Å². The first-order valence-corrected chi connectivity index (χ1v) is 9.68. The summed E-state index contributed by atoms with van der Waals surface area (Å²) in [6.45, 7) is 3.01. The van der Waals surface area contributed by atoms with E-state index in [1.165, 1.54) is 0 Å². The molecule has 7 heteroatoms. The molecule has 2 saturated heterocycles. The molecule has 2 aliphatic heterocycles. The van der Waals surface area contributed by atoms with Crippen LogP contribution < -0.4 is 10.2 Å². The van der Waals surface area contributed by atoms with E-state index in [-0.39, 0.29) is 17.9 Å². The number of nitrogens with one attached hydrogen (secondary N) is 1. The number of nitrogens with zero attached hydrogens (tertiary/aromatic N) is 4. The van der Waals surface area contributed by atoms with Gasteiger partial charge in [-0.2, -0.15) is 0 Å². The maximum absolute atomic E-state index is 12.5. The van der Waals surface area contributed by atoms with Gasteiger partial charge in [0.1, 0.15) is 0 Å².